The first-order chi connectivity index (χ1) is 8.13. The fourth-order valence-electron chi connectivity index (χ4n) is 1.41. The minimum Gasteiger partial charge on any atom is -0.391 e. The molecule has 0 bridgehead atoms. The first kappa shape index (κ1) is 13.6. The van der Waals surface area contributed by atoms with Crippen molar-refractivity contribution in [2.75, 3.05) is 20.3 Å². The number of hydrogen-bond acceptors (Lipinski definition) is 4. The molecule has 17 heavy (non-hydrogen) atoms. The van der Waals surface area contributed by atoms with E-state index < -0.39 is 6.10 Å². The van der Waals surface area contributed by atoms with Gasteiger partial charge in [-0.05, 0) is 25.0 Å². The van der Waals surface area contributed by atoms with Crippen LogP contribution in [-0.2, 0) is 4.74 Å². The lowest BCUT2D eigenvalue weighted by Gasteiger charge is -2.10. The van der Waals surface area contributed by atoms with Crippen LogP contribution in [0.1, 0.15) is 22.3 Å². The van der Waals surface area contributed by atoms with E-state index in [2.05, 4.69) is 10.3 Å². The minimum atomic E-state index is -0.545. The van der Waals surface area contributed by atoms with E-state index >= 15 is 0 Å². The maximum Gasteiger partial charge on any atom is 0.252 e. The zero-order valence-electron chi connectivity index (χ0n) is 10.1. The lowest BCUT2D eigenvalue weighted by molar-refractivity contribution is 0.0587. The third-order valence-corrected chi connectivity index (χ3v) is 2.26. The number of ether oxygens (including phenoxy) is 1. The second-order valence-electron chi connectivity index (χ2n) is 3.90. The molecule has 0 saturated carbocycles. The second-order valence-corrected chi connectivity index (χ2v) is 3.90. The average Bonchev–Trinajstić information content (AvgIpc) is 2.29. The van der Waals surface area contributed by atoms with Gasteiger partial charge in [0, 0.05) is 26.0 Å². The molecule has 0 aliphatic heterocycles. The highest BCUT2D eigenvalue weighted by molar-refractivity contribution is 5.93. The Hall–Kier alpha value is -1.46. The van der Waals surface area contributed by atoms with Crippen LogP contribution in [0.2, 0.25) is 0 Å². The Labute approximate surface area is 101 Å². The Bertz CT molecular complexity index is 369. The zero-order chi connectivity index (χ0) is 12.7. The number of aryl methyl sites for hydroxylation is 1. The first-order valence-electron chi connectivity index (χ1n) is 5.50. The van der Waals surface area contributed by atoms with Gasteiger partial charge in [0.2, 0.25) is 0 Å². The van der Waals surface area contributed by atoms with Gasteiger partial charge in [0.05, 0.1) is 18.3 Å². The smallest absolute Gasteiger partial charge is 0.252 e. The van der Waals surface area contributed by atoms with Crippen molar-refractivity contribution in [2.24, 2.45) is 0 Å². The van der Waals surface area contributed by atoms with Gasteiger partial charge in [-0.3, -0.25) is 9.78 Å². The molecule has 0 spiro atoms. The highest BCUT2D eigenvalue weighted by atomic mass is 16.5. The molecule has 0 saturated heterocycles. The molecule has 2 N–H and O–H groups in total. The van der Waals surface area contributed by atoms with Crippen LogP contribution in [0, 0.1) is 6.92 Å². The van der Waals surface area contributed by atoms with Gasteiger partial charge in [-0.1, -0.05) is 0 Å². The Kier molecular flexibility index (Phi) is 5.59. The predicted molar refractivity (Wildman–Crippen MR) is 63.8 cm³/mol. The molecule has 1 heterocycles. The van der Waals surface area contributed by atoms with E-state index in [9.17, 15) is 9.90 Å². The number of aromatic nitrogens is 1. The number of aliphatic hydroxyl groups is 1. The van der Waals surface area contributed by atoms with E-state index in [1.165, 1.54) is 13.3 Å². The maximum atomic E-state index is 11.7. The summed E-state index contributed by atoms with van der Waals surface area (Å²) >= 11 is 0. The molecular formula is C12H18N2O3. The summed E-state index contributed by atoms with van der Waals surface area (Å²) in [6.07, 6.45) is 3.14. The fourth-order valence-corrected chi connectivity index (χ4v) is 1.41. The van der Waals surface area contributed by atoms with Crippen molar-refractivity contribution >= 4 is 5.91 Å². The summed E-state index contributed by atoms with van der Waals surface area (Å²) in [4.78, 5) is 15.6. The summed E-state index contributed by atoms with van der Waals surface area (Å²) in [5.74, 6) is -0.175. The van der Waals surface area contributed by atoms with Crippen LogP contribution >= 0.6 is 0 Å². The summed E-state index contributed by atoms with van der Waals surface area (Å²) < 4.78 is 4.79. The van der Waals surface area contributed by atoms with Gasteiger partial charge in [0.25, 0.3) is 5.91 Å². The molecule has 1 aromatic rings. The van der Waals surface area contributed by atoms with Crippen molar-refractivity contribution in [1.29, 1.82) is 0 Å². The van der Waals surface area contributed by atoms with Gasteiger partial charge in [-0.2, -0.15) is 0 Å². The van der Waals surface area contributed by atoms with E-state index in [0.29, 0.717) is 18.5 Å². The molecule has 94 valence electrons. The molecule has 1 rings (SSSR count). The van der Waals surface area contributed by atoms with E-state index in [4.69, 9.17) is 4.74 Å². The average molecular weight is 238 g/mol. The number of pyridine rings is 1. The predicted octanol–water partition coefficient (Wildman–Crippen LogP) is 0.517. The van der Waals surface area contributed by atoms with E-state index in [0.717, 1.165) is 5.56 Å². The summed E-state index contributed by atoms with van der Waals surface area (Å²) in [6, 6.07) is 1.77. The third-order valence-electron chi connectivity index (χ3n) is 2.26. The highest BCUT2D eigenvalue weighted by Crippen LogP contribution is 2.01. The second kappa shape index (κ2) is 6.98. The molecule has 0 aliphatic carbocycles. The van der Waals surface area contributed by atoms with E-state index in [1.54, 1.807) is 12.3 Å². The molecule has 5 nitrogen and oxygen atoms in total. The summed E-state index contributed by atoms with van der Waals surface area (Å²) in [5, 5.41) is 12.1. The van der Waals surface area contributed by atoms with Crippen molar-refractivity contribution in [1.82, 2.24) is 10.3 Å². The summed E-state index contributed by atoms with van der Waals surface area (Å²) in [6.45, 7) is 2.57. The van der Waals surface area contributed by atoms with E-state index in [1.807, 2.05) is 6.92 Å². The standard InChI is InChI=1S/C12H18N2O3/c1-9-5-10(7-13-6-9)12(16)14-4-3-11(15)8-17-2/h5-7,11,15H,3-4,8H2,1-2H3,(H,14,16). The van der Waals surface area contributed by atoms with E-state index in [-0.39, 0.29) is 12.5 Å². The number of aliphatic hydroxyl groups excluding tert-OH is 1. The quantitative estimate of drug-likeness (QED) is 0.758. The first-order valence-corrected chi connectivity index (χ1v) is 5.50. The van der Waals surface area contributed by atoms with Crippen LogP contribution in [-0.4, -0.2) is 42.4 Å². The molecule has 1 aromatic heterocycles. The number of rotatable bonds is 6. The van der Waals surface area contributed by atoms with Crippen LogP contribution < -0.4 is 5.32 Å². The normalized spacial score (nSPS) is 12.2. The lowest BCUT2D eigenvalue weighted by Crippen LogP contribution is -2.28. The van der Waals surface area contributed by atoms with Crippen LogP contribution in [0.25, 0.3) is 0 Å². The Morgan fingerprint density at radius 1 is 1.59 bits per heavy atom. The third kappa shape index (κ3) is 4.93. The zero-order valence-corrected chi connectivity index (χ0v) is 10.1. The van der Waals surface area contributed by atoms with Crippen molar-refractivity contribution in [3.8, 4) is 0 Å². The van der Waals surface area contributed by atoms with Gasteiger partial charge in [-0.15, -0.1) is 0 Å². The molecule has 0 aromatic carbocycles. The Morgan fingerprint density at radius 3 is 3.00 bits per heavy atom. The van der Waals surface area contributed by atoms with Gasteiger partial charge in [0.1, 0.15) is 0 Å². The molecule has 0 aliphatic rings. The molecule has 0 radical (unpaired) electrons. The van der Waals surface area contributed by atoms with Crippen LogP contribution in [0.15, 0.2) is 18.5 Å². The van der Waals surface area contributed by atoms with Crippen LogP contribution in [0.5, 0.6) is 0 Å². The Balaban J connectivity index is 2.35. The van der Waals surface area contributed by atoms with Crippen molar-refractivity contribution in [2.45, 2.75) is 19.4 Å². The summed E-state index contributed by atoms with van der Waals surface area (Å²) in [5.41, 5.74) is 1.48. The lowest BCUT2D eigenvalue weighted by atomic mass is 10.2. The van der Waals surface area contributed by atoms with Gasteiger partial charge in [-0.25, -0.2) is 0 Å². The monoisotopic (exact) mass is 238 g/mol. The minimum absolute atomic E-state index is 0.175. The van der Waals surface area contributed by atoms with Gasteiger partial charge < -0.3 is 15.2 Å². The molecule has 1 atom stereocenters. The topological polar surface area (TPSA) is 71.5 Å². The molecule has 1 amide bonds. The van der Waals surface area contributed by atoms with Gasteiger partial charge >= 0.3 is 0 Å². The fraction of sp³-hybridized carbons (Fsp3) is 0.500. The van der Waals surface area contributed by atoms with Crippen molar-refractivity contribution in [3.05, 3.63) is 29.6 Å². The number of carbonyl (C=O) groups is 1. The molecule has 1 unspecified atom stereocenters. The van der Waals surface area contributed by atoms with Gasteiger partial charge in [0.15, 0.2) is 0 Å². The molecular weight excluding hydrogens is 220 g/mol. The number of nitrogens with one attached hydrogen (secondary N) is 1. The number of carbonyl (C=O) groups excluding carboxylic acids is 1. The number of amides is 1. The molecule has 5 heteroatoms. The maximum absolute atomic E-state index is 11.7. The summed E-state index contributed by atoms with van der Waals surface area (Å²) in [7, 11) is 1.53. The van der Waals surface area contributed by atoms with Crippen LogP contribution in [0.4, 0.5) is 0 Å². The highest BCUT2D eigenvalue weighted by Gasteiger charge is 2.07. The number of hydrogen-bond donors (Lipinski definition) is 2. The molecule has 0 fully saturated rings. The number of methoxy groups -OCH3 is 1. The largest absolute Gasteiger partial charge is 0.391 e. The van der Waals surface area contributed by atoms with Crippen molar-refractivity contribution in [3.63, 3.8) is 0 Å². The SMILES string of the molecule is COCC(O)CCNC(=O)c1cncc(C)c1. The van der Waals surface area contributed by atoms with Crippen LogP contribution in [0.3, 0.4) is 0 Å². The number of nitrogens with zero attached hydrogens (tertiary/aromatic N) is 1. The Morgan fingerprint density at radius 2 is 2.35 bits per heavy atom. The van der Waals surface area contributed by atoms with Crippen molar-refractivity contribution < 1.29 is 14.6 Å².